The van der Waals surface area contributed by atoms with Gasteiger partial charge in [0, 0.05) is 34.2 Å². The molecule has 0 bridgehead atoms. The lowest BCUT2D eigenvalue weighted by Gasteiger charge is -2.19. The quantitative estimate of drug-likeness (QED) is 0.141. The number of pyridine rings is 1. The molecule has 1 atom stereocenters. The highest BCUT2D eigenvalue weighted by atomic mass is 32.2. The molecule has 0 saturated carbocycles. The third kappa shape index (κ3) is 7.08. The van der Waals surface area contributed by atoms with E-state index in [-0.39, 0.29) is 46.8 Å². The summed E-state index contributed by atoms with van der Waals surface area (Å²) < 4.78 is 68.0. The van der Waals surface area contributed by atoms with Crippen LogP contribution in [-0.2, 0) is 27.7 Å². The van der Waals surface area contributed by atoms with Crippen molar-refractivity contribution in [2.24, 2.45) is 0 Å². The van der Waals surface area contributed by atoms with Gasteiger partial charge < -0.3 is 14.5 Å². The van der Waals surface area contributed by atoms with Gasteiger partial charge in [0.2, 0.25) is 26.0 Å². The molecule has 0 N–H and O–H groups in total. The fourth-order valence-electron chi connectivity index (χ4n) is 5.07. The minimum atomic E-state index is -4.09. The molecule has 0 radical (unpaired) electrons. The zero-order valence-corrected chi connectivity index (χ0v) is 25.7. The van der Waals surface area contributed by atoms with Crippen LogP contribution in [0.3, 0.4) is 0 Å². The van der Waals surface area contributed by atoms with Gasteiger partial charge in [0.1, 0.15) is 5.82 Å². The summed E-state index contributed by atoms with van der Waals surface area (Å²) in [5.74, 6) is -1.89. The Balaban J connectivity index is 1.25. The number of halogens is 2. The average molecular weight is 660 g/mol. The smallest absolute Gasteiger partial charge is 0.286 e. The number of aryl methyl sites for hydroxylation is 1. The largest absolute Gasteiger partial charge is 0.369 e. The predicted molar refractivity (Wildman–Crippen MR) is 166 cm³/mol. The third-order valence-corrected chi connectivity index (χ3v) is 8.98. The van der Waals surface area contributed by atoms with Crippen LogP contribution in [0.25, 0.3) is 22.3 Å². The molecule has 0 spiro atoms. The molecular weight excluding hydrogens is 632 g/mol. The Morgan fingerprint density at radius 3 is 2.53 bits per heavy atom. The van der Waals surface area contributed by atoms with Crippen LogP contribution in [-0.4, -0.2) is 33.9 Å². The van der Waals surface area contributed by atoms with Crippen molar-refractivity contribution >= 4 is 20.9 Å². The van der Waals surface area contributed by atoms with Crippen LogP contribution in [0, 0.1) is 23.8 Å². The van der Waals surface area contributed by atoms with Crippen molar-refractivity contribution in [1.82, 2.24) is 19.7 Å². The highest BCUT2D eigenvalue weighted by Gasteiger charge is 2.24. The van der Waals surface area contributed by atoms with E-state index in [1.54, 1.807) is 55.5 Å². The molecule has 11 nitrogen and oxygen atoms in total. The van der Waals surface area contributed by atoms with E-state index in [4.69, 9.17) is 4.74 Å². The molecule has 47 heavy (non-hydrogen) atoms. The number of sulfone groups is 1. The second-order valence-electron chi connectivity index (χ2n) is 10.8. The SMILES string of the molecule is Cc1cc(-c2cc(F)c(=O)n(Cc3ccc4c(c3)no[n+]4[O-])c2)nc(S(=O)(=O)CCC(OCc2ccccc2F)c2ccccc2)n1. The topological polar surface area (TPSA) is 144 Å². The van der Waals surface area contributed by atoms with E-state index in [0.717, 1.165) is 16.2 Å². The standard InChI is InChI=1S/C33H27F2N5O6S/c1-21-15-28(25-17-27(35)32(41)39(19-25)18-22-11-12-30-29(16-22)38-46-40(30)42)37-33(36-21)47(43,44)14-13-31(23-7-3-2-4-8-23)45-20-24-9-5-6-10-26(24)34/h2-12,15-17,19,31H,13-14,18,20H2,1H3. The molecule has 0 saturated heterocycles. The fraction of sp³-hybridized carbons (Fsp3) is 0.182. The fourth-order valence-corrected chi connectivity index (χ4v) is 6.30. The van der Waals surface area contributed by atoms with Gasteiger partial charge in [0.05, 0.1) is 30.7 Å². The van der Waals surface area contributed by atoms with Crippen molar-refractivity contribution < 1.29 is 31.5 Å². The summed E-state index contributed by atoms with van der Waals surface area (Å²) in [5, 5.41) is 14.8. The Morgan fingerprint density at radius 2 is 1.74 bits per heavy atom. The maximum atomic E-state index is 14.9. The van der Waals surface area contributed by atoms with Gasteiger partial charge in [-0.2, -0.15) is 0 Å². The second-order valence-corrected chi connectivity index (χ2v) is 12.9. The summed E-state index contributed by atoms with van der Waals surface area (Å²) in [6.45, 7) is 1.44. The van der Waals surface area contributed by atoms with Crippen LogP contribution in [0.15, 0.2) is 106 Å². The Hall–Kier alpha value is -5.34. The number of benzene rings is 3. The number of nitrogens with zero attached hydrogens (tertiary/aromatic N) is 5. The van der Waals surface area contributed by atoms with Gasteiger partial charge in [0.25, 0.3) is 5.56 Å². The maximum Gasteiger partial charge on any atom is 0.286 e. The molecule has 240 valence electrons. The Kier molecular flexibility index (Phi) is 8.87. The first-order chi connectivity index (χ1) is 22.6. The number of rotatable bonds is 11. The van der Waals surface area contributed by atoms with Gasteiger partial charge in [0.15, 0.2) is 5.82 Å². The maximum absolute atomic E-state index is 14.9. The summed E-state index contributed by atoms with van der Waals surface area (Å²) in [6, 6.07) is 22.3. The Morgan fingerprint density at radius 1 is 0.979 bits per heavy atom. The van der Waals surface area contributed by atoms with Crippen LogP contribution < -0.4 is 10.5 Å². The van der Waals surface area contributed by atoms with E-state index in [2.05, 4.69) is 19.8 Å². The van der Waals surface area contributed by atoms with E-state index in [0.29, 0.717) is 16.8 Å². The normalized spacial score (nSPS) is 12.4. The molecule has 14 heteroatoms. The highest BCUT2D eigenvalue weighted by Crippen LogP contribution is 2.26. The molecule has 0 aliphatic carbocycles. The minimum Gasteiger partial charge on any atom is -0.369 e. The molecule has 6 aromatic rings. The van der Waals surface area contributed by atoms with E-state index in [1.165, 1.54) is 30.5 Å². The number of hydrogen-bond acceptors (Lipinski definition) is 9. The highest BCUT2D eigenvalue weighted by molar-refractivity contribution is 7.91. The summed E-state index contributed by atoms with van der Waals surface area (Å²) in [7, 11) is -4.09. The lowest BCUT2D eigenvalue weighted by atomic mass is 10.1. The Bertz CT molecular complexity index is 2240. The first kappa shape index (κ1) is 31.6. The predicted octanol–water partition coefficient (Wildman–Crippen LogP) is 4.84. The summed E-state index contributed by atoms with van der Waals surface area (Å²) >= 11 is 0. The monoisotopic (exact) mass is 659 g/mol. The summed E-state index contributed by atoms with van der Waals surface area (Å²) in [6.07, 6.45) is 0.712. The van der Waals surface area contributed by atoms with Gasteiger partial charge >= 0.3 is 0 Å². The van der Waals surface area contributed by atoms with E-state index in [1.807, 2.05) is 6.07 Å². The van der Waals surface area contributed by atoms with Crippen LogP contribution in [0.1, 0.15) is 34.9 Å². The minimum absolute atomic E-state index is 0.0230. The van der Waals surface area contributed by atoms with Crippen molar-refractivity contribution in [3.63, 3.8) is 0 Å². The first-order valence-electron chi connectivity index (χ1n) is 14.4. The molecule has 3 aromatic heterocycles. The van der Waals surface area contributed by atoms with Gasteiger partial charge in [-0.25, -0.2) is 27.2 Å². The van der Waals surface area contributed by atoms with Crippen molar-refractivity contribution in [2.45, 2.75) is 37.8 Å². The van der Waals surface area contributed by atoms with Crippen molar-refractivity contribution in [3.8, 4) is 11.3 Å². The lowest BCUT2D eigenvalue weighted by molar-refractivity contribution is -0.782. The molecule has 0 amide bonds. The van der Waals surface area contributed by atoms with Gasteiger partial charge in [-0.1, -0.05) is 54.6 Å². The molecule has 0 aliphatic rings. The van der Waals surface area contributed by atoms with Crippen LogP contribution in [0.5, 0.6) is 0 Å². The second kappa shape index (κ2) is 13.2. The van der Waals surface area contributed by atoms with Crippen LogP contribution in [0.2, 0.25) is 0 Å². The Labute approximate surface area is 267 Å². The number of fused-ring (bicyclic) bond motifs is 1. The summed E-state index contributed by atoms with van der Waals surface area (Å²) in [5.41, 5.74) is 1.70. The van der Waals surface area contributed by atoms with Gasteiger partial charge in [-0.05, 0) is 53.6 Å². The van der Waals surface area contributed by atoms with E-state index in [9.17, 15) is 27.2 Å². The molecule has 1 unspecified atom stereocenters. The summed E-state index contributed by atoms with van der Waals surface area (Å²) in [4.78, 5) is 21.3. The van der Waals surface area contributed by atoms with Crippen LogP contribution >= 0.6 is 0 Å². The number of hydrogen-bond donors (Lipinski definition) is 0. The number of aromatic nitrogens is 5. The van der Waals surface area contributed by atoms with Crippen molar-refractivity contribution in [1.29, 1.82) is 0 Å². The molecule has 0 aliphatic heterocycles. The zero-order valence-electron chi connectivity index (χ0n) is 24.9. The molecule has 0 fully saturated rings. The molecule has 3 aromatic carbocycles. The van der Waals surface area contributed by atoms with Gasteiger partial charge in [-0.15, -0.1) is 0 Å². The third-order valence-electron chi connectivity index (χ3n) is 7.47. The number of ether oxygens (including phenoxy) is 1. The average Bonchev–Trinajstić information content (AvgIpc) is 3.43. The van der Waals surface area contributed by atoms with Crippen LogP contribution in [0.4, 0.5) is 8.78 Å². The first-order valence-corrected chi connectivity index (χ1v) is 16.1. The van der Waals surface area contributed by atoms with Crippen molar-refractivity contribution in [3.05, 3.63) is 141 Å². The van der Waals surface area contributed by atoms with Crippen molar-refractivity contribution in [2.75, 3.05) is 5.75 Å². The molecular formula is C33H27F2N5O6S. The van der Waals surface area contributed by atoms with E-state index >= 15 is 0 Å². The molecule has 6 rings (SSSR count). The van der Waals surface area contributed by atoms with Gasteiger partial charge in [-0.3, -0.25) is 9.42 Å². The molecule has 3 heterocycles. The van der Waals surface area contributed by atoms with E-state index < -0.39 is 44.0 Å². The zero-order chi connectivity index (χ0) is 33.1. The lowest BCUT2D eigenvalue weighted by Crippen LogP contribution is -2.24.